The molecule has 11 heteroatoms. The number of hydrogen-bond donors (Lipinski definition) is 2. The second-order valence-corrected chi connectivity index (χ2v) is 9.26. The molecule has 0 unspecified atom stereocenters. The van der Waals surface area contributed by atoms with Crippen LogP contribution in [0.1, 0.15) is 11.1 Å². The molecule has 4 aromatic rings. The second-order valence-electron chi connectivity index (χ2n) is 7.20. The number of non-ortho nitro benzene ring substituents is 1. The Bertz CT molecular complexity index is 1460. The summed E-state index contributed by atoms with van der Waals surface area (Å²) in [5.41, 5.74) is 4.59. The van der Waals surface area contributed by atoms with E-state index in [4.69, 9.17) is 11.6 Å². The Morgan fingerprint density at radius 1 is 0.886 bits per heavy atom. The van der Waals surface area contributed by atoms with E-state index in [9.17, 15) is 18.5 Å². The van der Waals surface area contributed by atoms with E-state index in [1.54, 1.807) is 36.7 Å². The largest absolute Gasteiger partial charge is 0.278 e. The molecule has 0 spiro atoms. The highest BCUT2D eigenvalue weighted by molar-refractivity contribution is 7.93. The number of hydrazone groups is 1. The molecule has 9 nitrogen and oxygen atoms in total. The topological polar surface area (TPSA) is 127 Å². The van der Waals surface area contributed by atoms with Crippen LogP contribution >= 0.6 is 11.6 Å². The number of nitrogens with zero attached hydrogens (tertiary/aromatic N) is 3. The van der Waals surface area contributed by atoms with E-state index < -0.39 is 20.6 Å². The highest BCUT2D eigenvalue weighted by atomic mass is 35.5. The molecular weight excluding hydrogens is 490 g/mol. The molecule has 0 aliphatic rings. The van der Waals surface area contributed by atoms with Gasteiger partial charge in [-0.3, -0.25) is 25.2 Å². The van der Waals surface area contributed by atoms with Gasteiger partial charge < -0.3 is 0 Å². The SMILES string of the molecule is O=[N+]([O-])c1ccc(N/N=C(/c2ccccc2)c2ccncc2)c(S(=O)(=O)Nc2ccccc2Cl)c1. The van der Waals surface area contributed by atoms with E-state index in [0.717, 1.165) is 17.2 Å². The maximum atomic E-state index is 13.2. The number of halogens is 1. The van der Waals surface area contributed by atoms with Crippen molar-refractivity contribution in [2.45, 2.75) is 4.90 Å². The van der Waals surface area contributed by atoms with E-state index in [-0.39, 0.29) is 21.3 Å². The molecule has 3 aromatic carbocycles. The molecule has 0 bridgehead atoms. The lowest BCUT2D eigenvalue weighted by Crippen LogP contribution is -2.16. The van der Waals surface area contributed by atoms with Gasteiger partial charge in [-0.15, -0.1) is 0 Å². The number of pyridine rings is 1. The van der Waals surface area contributed by atoms with Gasteiger partial charge in [-0.25, -0.2) is 8.42 Å². The monoisotopic (exact) mass is 507 g/mol. The van der Waals surface area contributed by atoms with Crippen LogP contribution in [0.15, 0.2) is 107 Å². The van der Waals surface area contributed by atoms with Crippen molar-refractivity contribution in [2.24, 2.45) is 5.10 Å². The number of rotatable bonds is 8. The fraction of sp³-hybridized carbons (Fsp3) is 0. The third-order valence-electron chi connectivity index (χ3n) is 4.87. The lowest BCUT2D eigenvalue weighted by Gasteiger charge is -2.14. The van der Waals surface area contributed by atoms with E-state index in [0.29, 0.717) is 5.71 Å². The number of sulfonamides is 1. The van der Waals surface area contributed by atoms with Gasteiger partial charge in [0.1, 0.15) is 4.90 Å². The van der Waals surface area contributed by atoms with Crippen LogP contribution in [0, 0.1) is 10.1 Å². The zero-order valence-corrected chi connectivity index (χ0v) is 19.6. The summed E-state index contributed by atoms with van der Waals surface area (Å²) in [6.07, 6.45) is 3.23. The lowest BCUT2D eigenvalue weighted by atomic mass is 10.0. The highest BCUT2D eigenvalue weighted by Crippen LogP contribution is 2.30. The molecule has 0 radical (unpaired) electrons. The molecule has 35 heavy (non-hydrogen) atoms. The Balaban J connectivity index is 1.79. The predicted molar refractivity (Wildman–Crippen MR) is 135 cm³/mol. The number of para-hydroxylation sites is 1. The first-order chi connectivity index (χ1) is 16.8. The van der Waals surface area contributed by atoms with Crippen LogP contribution in [-0.4, -0.2) is 24.0 Å². The maximum absolute atomic E-state index is 13.2. The summed E-state index contributed by atoms with van der Waals surface area (Å²) >= 11 is 6.10. The summed E-state index contributed by atoms with van der Waals surface area (Å²) in [6, 6.07) is 22.5. The predicted octanol–water partition coefficient (Wildman–Crippen LogP) is 5.31. The lowest BCUT2D eigenvalue weighted by molar-refractivity contribution is -0.385. The average Bonchev–Trinajstić information content (AvgIpc) is 2.87. The zero-order valence-electron chi connectivity index (χ0n) is 18.0. The molecule has 1 aromatic heterocycles. The van der Waals surface area contributed by atoms with Gasteiger partial charge in [0.2, 0.25) is 0 Å². The first-order valence-corrected chi connectivity index (χ1v) is 12.1. The average molecular weight is 508 g/mol. The van der Waals surface area contributed by atoms with E-state index in [1.807, 2.05) is 30.3 Å². The van der Waals surface area contributed by atoms with Gasteiger partial charge in [-0.2, -0.15) is 5.10 Å². The first kappa shape index (κ1) is 23.9. The molecule has 0 saturated carbocycles. The highest BCUT2D eigenvalue weighted by Gasteiger charge is 2.23. The quantitative estimate of drug-likeness (QED) is 0.189. The van der Waals surface area contributed by atoms with E-state index in [1.165, 1.54) is 24.3 Å². The van der Waals surface area contributed by atoms with Crippen molar-refractivity contribution in [3.63, 3.8) is 0 Å². The minimum atomic E-state index is -4.28. The Morgan fingerprint density at radius 2 is 1.54 bits per heavy atom. The molecule has 0 fully saturated rings. The number of nitro groups is 1. The minimum Gasteiger partial charge on any atom is -0.278 e. The van der Waals surface area contributed by atoms with Crippen molar-refractivity contribution < 1.29 is 13.3 Å². The number of benzene rings is 3. The van der Waals surface area contributed by atoms with Gasteiger partial charge in [-0.1, -0.05) is 54.1 Å². The van der Waals surface area contributed by atoms with Gasteiger partial charge in [0.05, 0.1) is 27.0 Å². The normalized spacial score (nSPS) is 11.6. The van der Waals surface area contributed by atoms with Crippen LogP contribution in [0.25, 0.3) is 0 Å². The second kappa shape index (κ2) is 10.3. The number of anilines is 2. The minimum absolute atomic E-state index is 0.0395. The molecule has 0 amide bonds. The van der Waals surface area contributed by atoms with Crippen LogP contribution in [0.5, 0.6) is 0 Å². The van der Waals surface area contributed by atoms with Crippen molar-refractivity contribution in [1.29, 1.82) is 0 Å². The molecule has 0 saturated heterocycles. The summed E-state index contributed by atoms with van der Waals surface area (Å²) in [4.78, 5) is 14.3. The molecule has 2 N–H and O–H groups in total. The zero-order chi connectivity index (χ0) is 24.8. The smallest absolute Gasteiger partial charge is 0.270 e. The third-order valence-corrected chi connectivity index (χ3v) is 6.61. The summed E-state index contributed by atoms with van der Waals surface area (Å²) in [7, 11) is -4.28. The molecule has 1 heterocycles. The van der Waals surface area contributed by atoms with Gasteiger partial charge >= 0.3 is 0 Å². The molecular formula is C24H18ClN5O4S. The first-order valence-electron chi connectivity index (χ1n) is 10.2. The number of aromatic nitrogens is 1. The Labute approximate surface area is 206 Å². The van der Waals surface area contributed by atoms with Gasteiger partial charge in [0.25, 0.3) is 15.7 Å². The molecule has 4 rings (SSSR count). The summed E-state index contributed by atoms with van der Waals surface area (Å²) in [5.74, 6) is 0. The van der Waals surface area contributed by atoms with Gasteiger partial charge in [-0.05, 0) is 30.3 Å². The van der Waals surface area contributed by atoms with Crippen LogP contribution < -0.4 is 10.1 Å². The van der Waals surface area contributed by atoms with Crippen LogP contribution in [0.2, 0.25) is 5.02 Å². The Hall–Kier alpha value is -4.28. The molecule has 176 valence electrons. The standard InChI is InChI=1S/C24H18ClN5O4S/c25-20-8-4-5-9-21(20)29-35(33,34)23-16-19(30(31)32)10-11-22(23)27-28-24(17-6-2-1-3-7-17)18-12-14-26-15-13-18/h1-16,27,29H/b28-24-. The fourth-order valence-corrected chi connectivity index (χ4v) is 4.70. The van der Waals surface area contributed by atoms with E-state index in [2.05, 4.69) is 20.2 Å². The number of nitrogens with one attached hydrogen (secondary N) is 2. The van der Waals surface area contributed by atoms with Crippen LogP contribution in [0.3, 0.4) is 0 Å². The number of nitro benzene ring substituents is 1. The summed E-state index contributed by atoms with van der Waals surface area (Å²) in [5, 5.41) is 16.0. The Kier molecular flexibility index (Phi) is 7.04. The van der Waals surface area contributed by atoms with Crippen LogP contribution in [0.4, 0.5) is 17.1 Å². The third kappa shape index (κ3) is 5.62. The molecule has 0 aliphatic carbocycles. The van der Waals surface area contributed by atoms with Gasteiger partial charge in [0.15, 0.2) is 0 Å². The summed E-state index contributed by atoms with van der Waals surface area (Å²) in [6.45, 7) is 0. The van der Waals surface area contributed by atoms with Crippen molar-refractivity contribution in [1.82, 2.24) is 4.98 Å². The van der Waals surface area contributed by atoms with Crippen molar-refractivity contribution in [3.8, 4) is 0 Å². The van der Waals surface area contributed by atoms with Crippen LogP contribution in [-0.2, 0) is 10.0 Å². The van der Waals surface area contributed by atoms with Crippen molar-refractivity contribution in [3.05, 3.63) is 124 Å². The van der Waals surface area contributed by atoms with E-state index >= 15 is 0 Å². The Morgan fingerprint density at radius 3 is 2.23 bits per heavy atom. The molecule has 0 atom stereocenters. The number of hydrogen-bond acceptors (Lipinski definition) is 7. The van der Waals surface area contributed by atoms with Crippen molar-refractivity contribution in [2.75, 3.05) is 10.1 Å². The fourth-order valence-electron chi connectivity index (χ4n) is 3.20. The maximum Gasteiger partial charge on any atom is 0.270 e. The van der Waals surface area contributed by atoms with Crippen molar-refractivity contribution >= 4 is 44.4 Å². The molecule has 0 aliphatic heterocycles. The summed E-state index contributed by atoms with van der Waals surface area (Å²) < 4.78 is 28.9. The van der Waals surface area contributed by atoms with Gasteiger partial charge in [0, 0.05) is 35.7 Å².